The maximum absolute atomic E-state index is 3.15. The highest BCUT2D eigenvalue weighted by molar-refractivity contribution is 8.01. The van der Waals surface area contributed by atoms with Crippen LogP contribution in [0.2, 0.25) is 0 Å². The minimum Gasteiger partial charge on any atom is -0.315 e. The van der Waals surface area contributed by atoms with E-state index in [9.17, 15) is 0 Å². The van der Waals surface area contributed by atoms with Crippen LogP contribution in [0.25, 0.3) is 0 Å². The van der Waals surface area contributed by atoms with Crippen LogP contribution < -0.4 is 10.3 Å². The molecule has 1 aliphatic carbocycles. The molecule has 1 aliphatic heterocycles. The molecule has 0 spiro atoms. The number of hydrazine groups is 1. The second kappa shape index (κ2) is 2.23. The monoisotopic (exact) mass is 142 g/mol. The van der Waals surface area contributed by atoms with Crippen LogP contribution >= 0.6 is 11.9 Å². The van der Waals surface area contributed by atoms with Crippen LogP contribution in [0.4, 0.5) is 0 Å². The van der Waals surface area contributed by atoms with Crippen LogP contribution in [0.5, 0.6) is 0 Å². The summed E-state index contributed by atoms with van der Waals surface area (Å²) in [7, 11) is 0. The lowest BCUT2D eigenvalue weighted by Gasteiger charge is -2.09. The summed E-state index contributed by atoms with van der Waals surface area (Å²) in [5.74, 6) is 0. The molecule has 3 heteroatoms. The van der Waals surface area contributed by atoms with Crippen molar-refractivity contribution in [3.05, 3.63) is 10.6 Å². The number of hydrogen-bond acceptors (Lipinski definition) is 3. The Hall–Kier alpha value is -0.150. The fourth-order valence-electron chi connectivity index (χ4n) is 1.27. The zero-order chi connectivity index (χ0) is 6.10. The summed E-state index contributed by atoms with van der Waals surface area (Å²) in [6, 6.07) is 0. The summed E-state index contributed by atoms with van der Waals surface area (Å²) in [4.78, 5) is 4.59. The minimum absolute atomic E-state index is 1.25. The smallest absolute Gasteiger partial charge is 0.0379 e. The molecule has 0 aromatic heterocycles. The van der Waals surface area contributed by atoms with E-state index >= 15 is 0 Å². The van der Waals surface area contributed by atoms with E-state index < -0.39 is 0 Å². The van der Waals surface area contributed by atoms with Gasteiger partial charge in [-0.05, 0) is 37.6 Å². The lowest BCUT2D eigenvalue weighted by Crippen LogP contribution is -2.18. The van der Waals surface area contributed by atoms with E-state index in [0.29, 0.717) is 0 Å². The first kappa shape index (κ1) is 5.62. The van der Waals surface area contributed by atoms with Gasteiger partial charge in [0.2, 0.25) is 0 Å². The molecule has 0 aromatic rings. The lowest BCUT2D eigenvalue weighted by molar-refractivity contribution is 0.646. The zero-order valence-electron chi connectivity index (χ0n) is 5.24. The Balaban J connectivity index is 2.17. The highest BCUT2D eigenvalue weighted by Crippen LogP contribution is 2.32. The topological polar surface area (TPSA) is 24.1 Å². The summed E-state index contributed by atoms with van der Waals surface area (Å²) in [5, 5.41) is 0. The maximum atomic E-state index is 3.15. The third kappa shape index (κ3) is 0.946. The van der Waals surface area contributed by atoms with Crippen molar-refractivity contribution in [1.82, 2.24) is 10.3 Å². The quantitative estimate of drug-likeness (QED) is 0.501. The Bertz CT molecular complexity index is 137. The molecule has 0 saturated carbocycles. The van der Waals surface area contributed by atoms with Gasteiger partial charge in [-0.1, -0.05) is 0 Å². The number of rotatable bonds is 0. The fraction of sp³-hybridized carbons (Fsp3) is 0.667. The summed E-state index contributed by atoms with van der Waals surface area (Å²) in [5.41, 5.74) is 4.59. The molecule has 0 amide bonds. The molecular weight excluding hydrogens is 132 g/mol. The van der Waals surface area contributed by atoms with Crippen LogP contribution in [0.3, 0.4) is 0 Å². The van der Waals surface area contributed by atoms with Crippen LogP contribution in [-0.4, -0.2) is 0 Å². The zero-order valence-corrected chi connectivity index (χ0v) is 6.05. The van der Waals surface area contributed by atoms with Crippen molar-refractivity contribution in [3.8, 4) is 0 Å². The van der Waals surface area contributed by atoms with Gasteiger partial charge in [-0.3, -0.25) is 0 Å². The normalized spacial score (nSPS) is 25.8. The molecule has 0 fully saturated rings. The lowest BCUT2D eigenvalue weighted by atomic mass is 10.1. The molecule has 0 bridgehead atoms. The van der Waals surface area contributed by atoms with E-state index in [4.69, 9.17) is 0 Å². The van der Waals surface area contributed by atoms with Gasteiger partial charge in [0.05, 0.1) is 0 Å². The van der Waals surface area contributed by atoms with Crippen molar-refractivity contribution in [2.75, 3.05) is 0 Å². The SMILES string of the molecule is C1CCC2=C(C1)NNS2. The molecule has 2 aliphatic rings. The van der Waals surface area contributed by atoms with Gasteiger partial charge in [0.25, 0.3) is 0 Å². The largest absolute Gasteiger partial charge is 0.315 e. The van der Waals surface area contributed by atoms with Gasteiger partial charge in [-0.2, -0.15) is 4.83 Å². The van der Waals surface area contributed by atoms with Crippen LogP contribution in [0, 0.1) is 0 Å². The maximum Gasteiger partial charge on any atom is 0.0379 e. The van der Waals surface area contributed by atoms with E-state index in [2.05, 4.69) is 10.3 Å². The molecule has 0 saturated heterocycles. The Kier molecular flexibility index (Phi) is 1.39. The Morgan fingerprint density at radius 2 is 2.11 bits per heavy atom. The average Bonchev–Trinajstić information content (AvgIpc) is 2.33. The molecule has 0 unspecified atom stereocenters. The summed E-state index contributed by atoms with van der Waals surface area (Å²) >= 11 is 1.74. The highest BCUT2D eigenvalue weighted by atomic mass is 32.2. The molecular formula is C6H10N2S. The fourth-order valence-corrected chi connectivity index (χ4v) is 2.09. The first-order valence-corrected chi connectivity index (χ1v) is 4.18. The Morgan fingerprint density at radius 3 is 3.00 bits per heavy atom. The Morgan fingerprint density at radius 1 is 1.22 bits per heavy atom. The van der Waals surface area contributed by atoms with Gasteiger partial charge < -0.3 is 5.43 Å². The predicted octanol–water partition coefficient (Wildman–Crippen LogP) is 1.53. The molecule has 2 rings (SSSR count). The van der Waals surface area contributed by atoms with Gasteiger partial charge in [-0.25, -0.2) is 0 Å². The molecule has 0 radical (unpaired) electrons. The molecule has 2 nitrogen and oxygen atoms in total. The van der Waals surface area contributed by atoms with Crippen LogP contribution in [0.1, 0.15) is 25.7 Å². The average molecular weight is 142 g/mol. The van der Waals surface area contributed by atoms with E-state index in [-0.39, 0.29) is 0 Å². The summed E-state index contributed by atoms with van der Waals surface area (Å²) in [6.45, 7) is 0. The van der Waals surface area contributed by atoms with Gasteiger partial charge in [-0.15, -0.1) is 0 Å². The second-order valence-electron chi connectivity index (χ2n) is 2.44. The molecule has 1 heterocycles. The standard InChI is InChI=1S/C6H10N2S/c1-2-4-6-5(3-1)7-8-9-6/h7-8H,1-4H2. The van der Waals surface area contributed by atoms with E-state index in [1.807, 2.05) is 0 Å². The number of nitrogens with one attached hydrogen (secondary N) is 2. The van der Waals surface area contributed by atoms with Crippen molar-refractivity contribution < 1.29 is 0 Å². The highest BCUT2D eigenvalue weighted by Gasteiger charge is 2.17. The predicted molar refractivity (Wildman–Crippen MR) is 39.4 cm³/mol. The Labute approximate surface area is 59.2 Å². The number of allylic oxidation sites excluding steroid dienone is 2. The van der Waals surface area contributed by atoms with Crippen LogP contribution in [-0.2, 0) is 0 Å². The van der Waals surface area contributed by atoms with E-state index in [1.165, 1.54) is 36.3 Å². The third-order valence-corrected chi connectivity index (χ3v) is 2.69. The summed E-state index contributed by atoms with van der Waals surface area (Å²) in [6.07, 6.45) is 5.25. The van der Waals surface area contributed by atoms with Crippen molar-refractivity contribution in [1.29, 1.82) is 0 Å². The van der Waals surface area contributed by atoms with Gasteiger partial charge in [0, 0.05) is 10.6 Å². The van der Waals surface area contributed by atoms with Gasteiger partial charge >= 0.3 is 0 Å². The molecule has 0 aromatic carbocycles. The van der Waals surface area contributed by atoms with E-state index in [1.54, 1.807) is 11.9 Å². The first-order chi connectivity index (χ1) is 4.47. The molecule has 2 N–H and O–H groups in total. The number of hydrogen-bond donors (Lipinski definition) is 2. The van der Waals surface area contributed by atoms with Crippen molar-refractivity contribution in [3.63, 3.8) is 0 Å². The molecule has 0 atom stereocenters. The van der Waals surface area contributed by atoms with Crippen molar-refractivity contribution in [2.24, 2.45) is 0 Å². The first-order valence-electron chi connectivity index (χ1n) is 3.37. The van der Waals surface area contributed by atoms with Crippen LogP contribution in [0.15, 0.2) is 10.6 Å². The summed E-state index contributed by atoms with van der Waals surface area (Å²) < 4.78 is 0. The second-order valence-corrected chi connectivity index (χ2v) is 3.34. The molecule has 50 valence electrons. The van der Waals surface area contributed by atoms with Crippen molar-refractivity contribution in [2.45, 2.75) is 25.7 Å². The van der Waals surface area contributed by atoms with Crippen molar-refractivity contribution >= 4 is 11.9 Å². The third-order valence-electron chi connectivity index (χ3n) is 1.79. The molecule has 9 heavy (non-hydrogen) atoms. The minimum atomic E-state index is 1.25. The van der Waals surface area contributed by atoms with Gasteiger partial charge in [0.1, 0.15) is 0 Å². The van der Waals surface area contributed by atoms with Gasteiger partial charge in [0.15, 0.2) is 0 Å². The van der Waals surface area contributed by atoms with E-state index in [0.717, 1.165) is 0 Å².